The molecule has 0 aromatic heterocycles. The van der Waals surface area contributed by atoms with E-state index in [1.165, 1.54) is 37.9 Å². The summed E-state index contributed by atoms with van der Waals surface area (Å²) in [5, 5.41) is 0. The van der Waals surface area contributed by atoms with Gasteiger partial charge >= 0.3 is 0 Å². The van der Waals surface area contributed by atoms with Gasteiger partial charge in [-0.3, -0.25) is 0 Å². The van der Waals surface area contributed by atoms with Gasteiger partial charge in [-0.2, -0.15) is 0 Å². The summed E-state index contributed by atoms with van der Waals surface area (Å²) in [5.74, 6) is 5.20. The van der Waals surface area contributed by atoms with Crippen LogP contribution in [0.4, 0.5) is 0 Å². The van der Waals surface area contributed by atoms with Gasteiger partial charge < -0.3 is 4.74 Å². The summed E-state index contributed by atoms with van der Waals surface area (Å²) in [6, 6.07) is 0. The molecule has 0 radical (unpaired) electrons. The van der Waals surface area contributed by atoms with Gasteiger partial charge in [0.05, 0.1) is 12.4 Å². The second-order valence-corrected chi connectivity index (χ2v) is 6.16. The van der Waals surface area contributed by atoms with Crippen LogP contribution >= 0.6 is 0 Å². The van der Waals surface area contributed by atoms with E-state index in [1.807, 2.05) is 0 Å². The Morgan fingerprint density at radius 3 is 2.12 bits per heavy atom. The maximum atomic E-state index is 5.90. The van der Waals surface area contributed by atoms with Gasteiger partial charge in [-0.25, -0.2) is 0 Å². The summed E-state index contributed by atoms with van der Waals surface area (Å²) in [6.07, 6.45) is 8.54. The van der Waals surface area contributed by atoms with E-state index in [0.717, 1.165) is 36.7 Å². The largest absolute Gasteiger partial charge is 0.498 e. The average molecular weight is 220 g/mol. The van der Waals surface area contributed by atoms with E-state index < -0.39 is 0 Å². The molecule has 4 aliphatic rings. The smallest absolute Gasteiger partial charge is 0.0926 e. The topological polar surface area (TPSA) is 9.23 Å². The lowest BCUT2D eigenvalue weighted by Crippen LogP contribution is -2.40. The van der Waals surface area contributed by atoms with Gasteiger partial charge in [0.1, 0.15) is 0 Å². The zero-order chi connectivity index (χ0) is 11.1. The molecule has 0 aromatic rings. The molecular weight excluding hydrogens is 196 g/mol. The average Bonchev–Trinajstić information content (AvgIpc) is 2.24. The fourth-order valence-electron chi connectivity index (χ4n) is 4.61. The van der Waals surface area contributed by atoms with Crippen molar-refractivity contribution in [1.29, 1.82) is 0 Å². The molecule has 16 heavy (non-hydrogen) atoms. The molecule has 4 saturated carbocycles. The number of hydrogen-bond donors (Lipinski definition) is 0. The highest BCUT2D eigenvalue weighted by atomic mass is 16.5. The quantitative estimate of drug-likeness (QED) is 0.649. The molecular formula is C15H24O. The van der Waals surface area contributed by atoms with Crippen molar-refractivity contribution in [2.75, 3.05) is 6.61 Å². The van der Waals surface area contributed by atoms with Gasteiger partial charge in [0.25, 0.3) is 0 Å². The van der Waals surface area contributed by atoms with Crippen LogP contribution in [-0.4, -0.2) is 6.61 Å². The summed E-state index contributed by atoms with van der Waals surface area (Å²) in [6.45, 7) is 5.31. The second kappa shape index (κ2) is 4.09. The highest BCUT2D eigenvalue weighted by Gasteiger charge is 2.46. The minimum absolute atomic E-state index is 0.896. The summed E-state index contributed by atoms with van der Waals surface area (Å²) in [7, 11) is 0. The van der Waals surface area contributed by atoms with Gasteiger partial charge in [-0.1, -0.05) is 6.92 Å². The van der Waals surface area contributed by atoms with Crippen LogP contribution in [0.15, 0.2) is 11.3 Å². The van der Waals surface area contributed by atoms with Crippen LogP contribution in [0.25, 0.3) is 0 Å². The van der Waals surface area contributed by atoms with Crippen LogP contribution < -0.4 is 0 Å². The molecule has 0 aromatic carbocycles. The molecule has 0 atom stereocenters. The molecule has 1 heteroatoms. The van der Waals surface area contributed by atoms with Crippen molar-refractivity contribution in [1.82, 2.24) is 0 Å². The Bertz CT molecular complexity index is 273. The molecule has 0 aliphatic heterocycles. The van der Waals surface area contributed by atoms with Crippen LogP contribution in [-0.2, 0) is 4.74 Å². The zero-order valence-electron chi connectivity index (χ0n) is 10.7. The molecule has 0 saturated heterocycles. The van der Waals surface area contributed by atoms with Crippen molar-refractivity contribution in [3.05, 3.63) is 11.3 Å². The third kappa shape index (κ3) is 1.69. The Labute approximate surface area is 99.3 Å². The first-order valence-corrected chi connectivity index (χ1v) is 7.11. The van der Waals surface area contributed by atoms with E-state index in [1.54, 1.807) is 5.57 Å². The fraction of sp³-hybridized carbons (Fsp3) is 0.867. The molecule has 4 fully saturated rings. The molecule has 4 bridgehead atoms. The highest BCUT2D eigenvalue weighted by Crippen LogP contribution is 2.57. The monoisotopic (exact) mass is 220 g/mol. The Balaban J connectivity index is 1.80. The molecule has 4 rings (SSSR count). The van der Waals surface area contributed by atoms with Gasteiger partial charge in [0.15, 0.2) is 0 Å². The summed E-state index contributed by atoms with van der Waals surface area (Å²) in [4.78, 5) is 0. The first-order chi connectivity index (χ1) is 7.78. The third-order valence-corrected chi connectivity index (χ3v) is 4.95. The molecule has 4 aliphatic carbocycles. The maximum Gasteiger partial charge on any atom is 0.0926 e. The number of allylic oxidation sites excluding steroid dienone is 2. The lowest BCUT2D eigenvalue weighted by Gasteiger charge is -2.51. The van der Waals surface area contributed by atoms with Crippen molar-refractivity contribution in [3.8, 4) is 0 Å². The van der Waals surface area contributed by atoms with Gasteiger partial charge in [-0.15, -0.1) is 0 Å². The molecule has 1 nitrogen and oxygen atoms in total. The molecule has 0 amide bonds. The standard InChI is InChI=1S/C15H24O/c1-3-4-16-10(2)15-13-6-11-5-12(8-13)9-14(15)7-11/h11-14H,3-9H2,1-2H3. The Hall–Kier alpha value is -0.460. The molecule has 0 unspecified atom stereocenters. The van der Waals surface area contributed by atoms with Crippen LogP contribution in [0, 0.1) is 23.7 Å². The van der Waals surface area contributed by atoms with Crippen LogP contribution in [0.1, 0.15) is 52.4 Å². The van der Waals surface area contributed by atoms with E-state index in [-0.39, 0.29) is 0 Å². The van der Waals surface area contributed by atoms with Crippen molar-refractivity contribution in [3.63, 3.8) is 0 Å². The Morgan fingerprint density at radius 2 is 1.62 bits per heavy atom. The molecule has 0 spiro atoms. The van der Waals surface area contributed by atoms with Gasteiger partial charge in [-0.05, 0) is 74.7 Å². The first kappa shape index (κ1) is 10.7. The van der Waals surface area contributed by atoms with Crippen molar-refractivity contribution in [2.24, 2.45) is 23.7 Å². The third-order valence-electron chi connectivity index (χ3n) is 4.95. The maximum absolute atomic E-state index is 5.90. The molecule has 0 N–H and O–H groups in total. The van der Waals surface area contributed by atoms with Gasteiger partial charge in [0, 0.05) is 0 Å². The van der Waals surface area contributed by atoms with Crippen LogP contribution in [0.2, 0.25) is 0 Å². The lowest BCUT2D eigenvalue weighted by molar-refractivity contribution is 0.0596. The Kier molecular flexibility index (Phi) is 2.73. The minimum Gasteiger partial charge on any atom is -0.498 e. The SMILES string of the molecule is CCCOC(C)=C1C2CC3CC(C2)CC1C3. The van der Waals surface area contributed by atoms with Crippen molar-refractivity contribution < 1.29 is 4.74 Å². The first-order valence-electron chi connectivity index (χ1n) is 7.11. The second-order valence-electron chi connectivity index (χ2n) is 6.16. The van der Waals surface area contributed by atoms with Gasteiger partial charge in [0.2, 0.25) is 0 Å². The number of hydrogen-bond acceptors (Lipinski definition) is 1. The predicted octanol–water partition coefficient (Wildman–Crippen LogP) is 4.14. The highest BCUT2D eigenvalue weighted by molar-refractivity contribution is 5.22. The van der Waals surface area contributed by atoms with E-state index in [2.05, 4.69) is 13.8 Å². The summed E-state index contributed by atoms with van der Waals surface area (Å²) in [5.41, 5.74) is 1.72. The van der Waals surface area contributed by atoms with Crippen molar-refractivity contribution in [2.45, 2.75) is 52.4 Å². The van der Waals surface area contributed by atoms with Crippen LogP contribution in [0.3, 0.4) is 0 Å². The van der Waals surface area contributed by atoms with Crippen LogP contribution in [0.5, 0.6) is 0 Å². The fourth-order valence-corrected chi connectivity index (χ4v) is 4.61. The Morgan fingerprint density at radius 1 is 1.06 bits per heavy atom. The van der Waals surface area contributed by atoms with E-state index in [9.17, 15) is 0 Å². The lowest BCUT2D eigenvalue weighted by atomic mass is 9.54. The van der Waals surface area contributed by atoms with E-state index >= 15 is 0 Å². The number of rotatable bonds is 3. The molecule has 0 heterocycles. The summed E-state index contributed by atoms with van der Waals surface area (Å²) < 4.78 is 5.90. The normalized spacial score (nSPS) is 40.2. The zero-order valence-corrected chi connectivity index (χ0v) is 10.7. The van der Waals surface area contributed by atoms with Crippen molar-refractivity contribution >= 4 is 0 Å². The molecule has 90 valence electrons. The number of ether oxygens (including phenoxy) is 1. The summed E-state index contributed by atoms with van der Waals surface area (Å²) >= 11 is 0. The minimum atomic E-state index is 0.896. The van der Waals surface area contributed by atoms with E-state index in [4.69, 9.17) is 4.74 Å². The predicted molar refractivity (Wildman–Crippen MR) is 66.0 cm³/mol. The van der Waals surface area contributed by atoms with E-state index in [0.29, 0.717) is 0 Å².